The summed E-state index contributed by atoms with van der Waals surface area (Å²) >= 11 is 0. The molecule has 3 N–H and O–H groups in total. The lowest BCUT2D eigenvalue weighted by molar-refractivity contribution is -0.695. The molecule has 1 aromatic heterocycles. The Morgan fingerprint density at radius 1 is 1.21 bits per heavy atom. The second kappa shape index (κ2) is 6.24. The molecule has 132 valence electrons. The molecule has 4 atom stereocenters. The SMILES string of the molecule is CC(C)(C)c1ccnc(N[C@H]2CO[C@H]3[C@@H]2OC[C@@H]3[NH2+]CC2CC2)n1. The van der Waals surface area contributed by atoms with Gasteiger partial charge in [-0.3, -0.25) is 0 Å². The number of ether oxygens (including phenoxy) is 2. The molecule has 2 saturated heterocycles. The van der Waals surface area contributed by atoms with Crippen LogP contribution in [0.15, 0.2) is 12.3 Å². The van der Waals surface area contributed by atoms with Crippen LogP contribution in [0.3, 0.4) is 0 Å². The monoisotopic (exact) mass is 333 g/mol. The van der Waals surface area contributed by atoms with Crippen molar-refractivity contribution in [1.82, 2.24) is 9.97 Å². The Morgan fingerprint density at radius 3 is 2.75 bits per heavy atom. The maximum atomic E-state index is 6.05. The largest absolute Gasteiger partial charge is 0.367 e. The lowest BCUT2D eigenvalue weighted by atomic mass is 9.92. The molecule has 0 aromatic carbocycles. The first-order valence-electron chi connectivity index (χ1n) is 9.17. The maximum absolute atomic E-state index is 6.05. The van der Waals surface area contributed by atoms with E-state index >= 15 is 0 Å². The molecular formula is C18H29N4O2+. The van der Waals surface area contributed by atoms with E-state index in [1.807, 2.05) is 12.3 Å². The van der Waals surface area contributed by atoms with Gasteiger partial charge < -0.3 is 20.1 Å². The molecule has 3 aliphatic rings. The number of nitrogens with zero attached hydrogens (tertiary/aromatic N) is 2. The van der Waals surface area contributed by atoms with E-state index in [9.17, 15) is 0 Å². The third-order valence-electron chi connectivity index (χ3n) is 5.30. The highest BCUT2D eigenvalue weighted by Crippen LogP contribution is 2.29. The Bertz CT molecular complexity index is 585. The molecule has 0 radical (unpaired) electrons. The van der Waals surface area contributed by atoms with Crippen molar-refractivity contribution in [2.24, 2.45) is 5.92 Å². The van der Waals surface area contributed by atoms with Crippen LogP contribution in [-0.4, -0.2) is 54.0 Å². The van der Waals surface area contributed by atoms with Gasteiger partial charge in [0, 0.05) is 17.5 Å². The number of anilines is 1. The Labute approximate surface area is 143 Å². The van der Waals surface area contributed by atoms with Crippen molar-refractivity contribution in [3.05, 3.63) is 18.0 Å². The lowest BCUT2D eigenvalue weighted by Gasteiger charge is -2.20. The molecular weight excluding hydrogens is 304 g/mol. The molecule has 0 bridgehead atoms. The van der Waals surface area contributed by atoms with Crippen LogP contribution in [0.2, 0.25) is 0 Å². The number of aromatic nitrogens is 2. The summed E-state index contributed by atoms with van der Waals surface area (Å²) in [6.07, 6.45) is 4.90. The molecule has 24 heavy (non-hydrogen) atoms. The molecule has 0 unspecified atom stereocenters. The average molecular weight is 333 g/mol. The van der Waals surface area contributed by atoms with Crippen LogP contribution in [-0.2, 0) is 14.9 Å². The van der Waals surface area contributed by atoms with Gasteiger partial charge in [0.1, 0.15) is 24.9 Å². The molecule has 1 aromatic rings. The molecule has 3 heterocycles. The van der Waals surface area contributed by atoms with E-state index in [0.717, 1.165) is 18.2 Å². The van der Waals surface area contributed by atoms with Gasteiger partial charge in [-0.2, -0.15) is 0 Å². The van der Waals surface area contributed by atoms with E-state index in [4.69, 9.17) is 9.47 Å². The Balaban J connectivity index is 1.38. The van der Waals surface area contributed by atoms with Crippen LogP contribution in [0.1, 0.15) is 39.3 Å². The van der Waals surface area contributed by atoms with Gasteiger partial charge in [-0.05, 0) is 18.9 Å². The predicted octanol–water partition coefficient (Wildman–Crippen LogP) is 0.694. The Kier molecular flexibility index (Phi) is 4.22. The summed E-state index contributed by atoms with van der Waals surface area (Å²) in [5.41, 5.74) is 1.05. The van der Waals surface area contributed by atoms with Gasteiger partial charge in [0.05, 0.1) is 24.9 Å². The fourth-order valence-corrected chi connectivity index (χ4v) is 3.59. The summed E-state index contributed by atoms with van der Waals surface area (Å²) in [5.74, 6) is 1.60. The van der Waals surface area contributed by atoms with E-state index in [0.29, 0.717) is 18.6 Å². The first-order valence-corrected chi connectivity index (χ1v) is 9.17. The van der Waals surface area contributed by atoms with Crippen molar-refractivity contribution >= 4 is 5.95 Å². The van der Waals surface area contributed by atoms with Gasteiger partial charge in [-0.1, -0.05) is 20.8 Å². The summed E-state index contributed by atoms with van der Waals surface area (Å²) < 4.78 is 12.1. The fourth-order valence-electron chi connectivity index (χ4n) is 3.59. The van der Waals surface area contributed by atoms with Crippen LogP contribution < -0.4 is 10.6 Å². The number of quaternary nitrogens is 1. The van der Waals surface area contributed by atoms with E-state index < -0.39 is 0 Å². The zero-order valence-corrected chi connectivity index (χ0v) is 14.9. The minimum atomic E-state index is 0.0147. The van der Waals surface area contributed by atoms with Gasteiger partial charge in [0.2, 0.25) is 5.95 Å². The highest BCUT2D eigenvalue weighted by Gasteiger charge is 2.50. The highest BCUT2D eigenvalue weighted by molar-refractivity contribution is 5.30. The number of nitrogens with one attached hydrogen (secondary N) is 1. The number of hydrogen-bond acceptors (Lipinski definition) is 5. The number of hydrogen-bond donors (Lipinski definition) is 2. The molecule has 1 aliphatic carbocycles. The normalized spacial score (nSPS) is 32.8. The molecule has 1 saturated carbocycles. The minimum Gasteiger partial charge on any atom is -0.367 e. The Hall–Kier alpha value is -1.24. The van der Waals surface area contributed by atoms with Crippen molar-refractivity contribution in [2.45, 2.75) is 63.3 Å². The van der Waals surface area contributed by atoms with Gasteiger partial charge in [-0.25, -0.2) is 9.97 Å². The topological polar surface area (TPSA) is 72.9 Å². The molecule has 0 amide bonds. The minimum absolute atomic E-state index is 0.0147. The summed E-state index contributed by atoms with van der Waals surface area (Å²) in [7, 11) is 0. The first-order chi connectivity index (χ1) is 11.5. The quantitative estimate of drug-likeness (QED) is 0.830. The number of nitrogens with two attached hydrogens (primary N) is 1. The van der Waals surface area contributed by atoms with Gasteiger partial charge >= 0.3 is 0 Å². The zero-order chi connectivity index (χ0) is 16.7. The van der Waals surface area contributed by atoms with E-state index in [1.165, 1.54) is 19.4 Å². The molecule has 3 fully saturated rings. The van der Waals surface area contributed by atoms with Gasteiger partial charge in [0.15, 0.2) is 0 Å². The van der Waals surface area contributed by atoms with E-state index in [-0.39, 0.29) is 23.7 Å². The highest BCUT2D eigenvalue weighted by atomic mass is 16.6. The van der Waals surface area contributed by atoms with Crippen LogP contribution in [0.5, 0.6) is 0 Å². The standard InChI is InChI=1S/C18H28N4O2/c1-18(2,3)14-6-7-19-17(22-14)21-13-10-24-15-12(9-23-16(13)15)20-8-11-4-5-11/h6-7,11-13,15-16,20H,4-5,8-10H2,1-3H3,(H,19,21,22)/p+1/t12-,13-,15+,16+/m0/s1. The zero-order valence-electron chi connectivity index (χ0n) is 14.9. The Morgan fingerprint density at radius 2 is 2.00 bits per heavy atom. The van der Waals surface area contributed by atoms with Crippen LogP contribution in [0, 0.1) is 5.92 Å². The van der Waals surface area contributed by atoms with Crippen LogP contribution in [0.4, 0.5) is 5.95 Å². The van der Waals surface area contributed by atoms with E-state index in [1.54, 1.807) is 0 Å². The number of rotatable bonds is 5. The smallest absolute Gasteiger partial charge is 0.223 e. The van der Waals surface area contributed by atoms with Crippen molar-refractivity contribution < 1.29 is 14.8 Å². The third-order valence-corrected chi connectivity index (χ3v) is 5.30. The predicted molar refractivity (Wildman–Crippen MR) is 90.9 cm³/mol. The average Bonchev–Trinajstić information content (AvgIpc) is 3.16. The molecule has 4 rings (SSSR count). The van der Waals surface area contributed by atoms with Crippen molar-refractivity contribution in [1.29, 1.82) is 0 Å². The second-order valence-corrected chi connectivity index (χ2v) is 8.44. The maximum Gasteiger partial charge on any atom is 0.223 e. The van der Waals surface area contributed by atoms with Crippen molar-refractivity contribution in [3.63, 3.8) is 0 Å². The summed E-state index contributed by atoms with van der Waals surface area (Å²) in [6.45, 7) is 9.14. The van der Waals surface area contributed by atoms with Crippen LogP contribution >= 0.6 is 0 Å². The van der Waals surface area contributed by atoms with Crippen molar-refractivity contribution in [3.8, 4) is 0 Å². The fraction of sp³-hybridized carbons (Fsp3) is 0.778. The lowest BCUT2D eigenvalue weighted by Crippen LogP contribution is -2.93. The van der Waals surface area contributed by atoms with Crippen LogP contribution in [0.25, 0.3) is 0 Å². The molecule has 6 nitrogen and oxygen atoms in total. The molecule has 6 heteroatoms. The summed E-state index contributed by atoms with van der Waals surface area (Å²) in [5, 5.41) is 5.87. The van der Waals surface area contributed by atoms with Crippen molar-refractivity contribution in [2.75, 3.05) is 25.1 Å². The summed E-state index contributed by atoms with van der Waals surface area (Å²) in [6, 6.07) is 2.54. The molecule has 2 aliphatic heterocycles. The summed E-state index contributed by atoms with van der Waals surface area (Å²) in [4.78, 5) is 9.04. The first kappa shape index (κ1) is 16.2. The third kappa shape index (κ3) is 3.41. The van der Waals surface area contributed by atoms with Gasteiger partial charge in [0.25, 0.3) is 0 Å². The molecule has 0 spiro atoms. The van der Waals surface area contributed by atoms with E-state index in [2.05, 4.69) is 41.4 Å². The number of fused-ring (bicyclic) bond motifs is 1. The second-order valence-electron chi connectivity index (χ2n) is 8.44. The van der Waals surface area contributed by atoms with Gasteiger partial charge in [-0.15, -0.1) is 0 Å².